The van der Waals surface area contributed by atoms with Crippen LogP contribution in [0.25, 0.3) is 11.0 Å². The SMILES string of the molecule is CCc1ccc(CCc2coc3cccc(O[C@@H]4O[C@H](CO)[C@@H](O)[C@H](O)[C@H]4O)c23)cc1. The highest BCUT2D eigenvalue weighted by atomic mass is 16.7. The quantitative estimate of drug-likeness (QED) is 0.455. The molecule has 5 atom stereocenters. The molecule has 1 aromatic heterocycles. The van der Waals surface area contributed by atoms with Gasteiger partial charge in [0, 0.05) is 5.56 Å². The monoisotopic (exact) mass is 428 g/mol. The maximum atomic E-state index is 10.3. The fourth-order valence-electron chi connectivity index (χ4n) is 3.91. The second-order valence-corrected chi connectivity index (χ2v) is 7.88. The number of hydrogen-bond donors (Lipinski definition) is 4. The van der Waals surface area contributed by atoms with Crippen molar-refractivity contribution in [2.24, 2.45) is 0 Å². The number of furan rings is 1. The number of aryl methyl sites for hydroxylation is 3. The second kappa shape index (κ2) is 9.38. The molecule has 0 unspecified atom stereocenters. The summed E-state index contributed by atoms with van der Waals surface area (Å²) in [5.74, 6) is 0.437. The summed E-state index contributed by atoms with van der Waals surface area (Å²) in [6.45, 7) is 1.62. The lowest BCUT2D eigenvalue weighted by molar-refractivity contribution is -0.277. The van der Waals surface area contributed by atoms with Crippen molar-refractivity contribution >= 4 is 11.0 Å². The van der Waals surface area contributed by atoms with E-state index in [1.54, 1.807) is 18.4 Å². The third-order valence-electron chi connectivity index (χ3n) is 5.84. The lowest BCUT2D eigenvalue weighted by atomic mass is 9.99. The summed E-state index contributed by atoms with van der Waals surface area (Å²) in [5.41, 5.74) is 4.11. The molecule has 1 saturated heterocycles. The standard InChI is InChI=1S/C24H28O7/c1-2-14-6-8-15(9-7-14)10-11-16-13-29-17-4-3-5-18(20(16)17)30-24-23(28)22(27)21(26)19(12-25)31-24/h3-9,13,19,21-28H,2,10-12H2,1H3/t19-,21-,22+,23-,24-/m1/s1. The summed E-state index contributed by atoms with van der Waals surface area (Å²) >= 11 is 0. The van der Waals surface area contributed by atoms with E-state index in [2.05, 4.69) is 31.2 Å². The molecule has 2 heterocycles. The molecule has 0 spiro atoms. The molecule has 0 saturated carbocycles. The number of hydrogen-bond acceptors (Lipinski definition) is 7. The van der Waals surface area contributed by atoms with Gasteiger partial charge in [-0.2, -0.15) is 0 Å². The largest absolute Gasteiger partial charge is 0.464 e. The minimum Gasteiger partial charge on any atom is -0.464 e. The Morgan fingerprint density at radius 1 is 0.903 bits per heavy atom. The highest BCUT2D eigenvalue weighted by molar-refractivity contribution is 5.87. The number of ether oxygens (including phenoxy) is 2. The summed E-state index contributed by atoms with van der Waals surface area (Å²) < 4.78 is 17.1. The van der Waals surface area contributed by atoms with E-state index in [0.29, 0.717) is 11.3 Å². The fourth-order valence-corrected chi connectivity index (χ4v) is 3.91. The van der Waals surface area contributed by atoms with Crippen LogP contribution in [0.4, 0.5) is 0 Å². The van der Waals surface area contributed by atoms with E-state index in [9.17, 15) is 20.4 Å². The minimum absolute atomic E-state index is 0.437. The van der Waals surface area contributed by atoms with Gasteiger partial charge in [0.1, 0.15) is 35.7 Å². The minimum atomic E-state index is -1.50. The van der Waals surface area contributed by atoms with Gasteiger partial charge in [0.15, 0.2) is 0 Å². The van der Waals surface area contributed by atoms with E-state index >= 15 is 0 Å². The van der Waals surface area contributed by atoms with Crippen molar-refractivity contribution in [1.29, 1.82) is 0 Å². The van der Waals surface area contributed by atoms with Crippen LogP contribution in [0.1, 0.15) is 23.6 Å². The van der Waals surface area contributed by atoms with Gasteiger partial charge in [0.2, 0.25) is 6.29 Å². The first kappa shape index (κ1) is 21.8. The van der Waals surface area contributed by atoms with Crippen molar-refractivity contribution in [3.63, 3.8) is 0 Å². The van der Waals surface area contributed by atoms with Crippen LogP contribution in [-0.2, 0) is 24.0 Å². The van der Waals surface area contributed by atoms with Crippen LogP contribution in [0.15, 0.2) is 53.1 Å². The Kier molecular flexibility index (Phi) is 6.60. The molecule has 2 aromatic carbocycles. The normalized spacial score (nSPS) is 26.3. The van der Waals surface area contributed by atoms with Crippen molar-refractivity contribution in [1.82, 2.24) is 0 Å². The Labute approximate surface area is 180 Å². The molecule has 166 valence electrons. The van der Waals surface area contributed by atoms with Crippen LogP contribution < -0.4 is 4.74 Å². The number of aliphatic hydroxyl groups excluding tert-OH is 4. The number of fused-ring (bicyclic) bond motifs is 1. The third kappa shape index (κ3) is 4.46. The van der Waals surface area contributed by atoms with Crippen LogP contribution in [0, 0.1) is 0 Å². The molecular formula is C24H28O7. The van der Waals surface area contributed by atoms with Crippen molar-refractivity contribution in [3.05, 3.63) is 65.4 Å². The molecule has 0 amide bonds. The molecule has 4 rings (SSSR count). The summed E-state index contributed by atoms with van der Waals surface area (Å²) in [5, 5.41) is 40.5. The Hall–Kier alpha value is -2.42. The average Bonchev–Trinajstić information content (AvgIpc) is 3.22. The van der Waals surface area contributed by atoms with Gasteiger partial charge in [-0.05, 0) is 42.5 Å². The Bertz CT molecular complexity index is 995. The van der Waals surface area contributed by atoms with Crippen LogP contribution in [0.5, 0.6) is 5.75 Å². The molecule has 0 aliphatic carbocycles. The highest BCUT2D eigenvalue weighted by Gasteiger charge is 2.44. The Balaban J connectivity index is 1.55. The summed E-state index contributed by atoms with van der Waals surface area (Å²) in [6, 6.07) is 13.9. The van der Waals surface area contributed by atoms with Crippen LogP contribution in [0.2, 0.25) is 0 Å². The van der Waals surface area contributed by atoms with Crippen LogP contribution in [-0.4, -0.2) is 57.7 Å². The van der Waals surface area contributed by atoms with Crippen molar-refractivity contribution in [2.45, 2.75) is 56.9 Å². The molecule has 3 aromatic rings. The van der Waals surface area contributed by atoms with Gasteiger partial charge in [0.25, 0.3) is 0 Å². The van der Waals surface area contributed by atoms with Crippen molar-refractivity contribution < 1.29 is 34.3 Å². The number of benzene rings is 2. The van der Waals surface area contributed by atoms with Gasteiger partial charge in [-0.1, -0.05) is 37.3 Å². The van der Waals surface area contributed by atoms with Gasteiger partial charge < -0.3 is 34.3 Å². The van der Waals surface area contributed by atoms with E-state index in [1.165, 1.54) is 11.1 Å². The molecule has 1 aliphatic heterocycles. The fraction of sp³-hybridized carbons (Fsp3) is 0.417. The summed E-state index contributed by atoms with van der Waals surface area (Å²) in [4.78, 5) is 0. The first-order valence-corrected chi connectivity index (χ1v) is 10.6. The lowest BCUT2D eigenvalue weighted by Gasteiger charge is -2.39. The topological polar surface area (TPSA) is 113 Å². The molecule has 4 N–H and O–H groups in total. The zero-order chi connectivity index (χ0) is 22.0. The van der Waals surface area contributed by atoms with E-state index < -0.39 is 37.3 Å². The number of rotatable bonds is 7. The van der Waals surface area contributed by atoms with E-state index in [0.717, 1.165) is 30.2 Å². The molecular weight excluding hydrogens is 400 g/mol. The first-order chi connectivity index (χ1) is 15.0. The zero-order valence-corrected chi connectivity index (χ0v) is 17.3. The van der Waals surface area contributed by atoms with Crippen LogP contribution in [0.3, 0.4) is 0 Å². The molecule has 31 heavy (non-hydrogen) atoms. The van der Waals surface area contributed by atoms with E-state index in [1.807, 2.05) is 6.07 Å². The maximum absolute atomic E-state index is 10.3. The summed E-state index contributed by atoms with van der Waals surface area (Å²) in [7, 11) is 0. The lowest BCUT2D eigenvalue weighted by Crippen LogP contribution is -2.60. The zero-order valence-electron chi connectivity index (χ0n) is 17.3. The van der Waals surface area contributed by atoms with Gasteiger partial charge in [0.05, 0.1) is 18.3 Å². The first-order valence-electron chi connectivity index (χ1n) is 10.6. The predicted octanol–water partition coefficient (Wildman–Crippen LogP) is 1.96. The maximum Gasteiger partial charge on any atom is 0.229 e. The average molecular weight is 428 g/mol. The molecule has 0 bridgehead atoms. The van der Waals surface area contributed by atoms with Gasteiger partial charge in [-0.3, -0.25) is 0 Å². The Morgan fingerprint density at radius 2 is 1.65 bits per heavy atom. The van der Waals surface area contributed by atoms with Gasteiger partial charge >= 0.3 is 0 Å². The molecule has 7 nitrogen and oxygen atoms in total. The van der Waals surface area contributed by atoms with Crippen molar-refractivity contribution in [3.8, 4) is 5.75 Å². The van der Waals surface area contributed by atoms with Crippen molar-refractivity contribution in [2.75, 3.05) is 6.61 Å². The Morgan fingerprint density at radius 3 is 2.35 bits per heavy atom. The second-order valence-electron chi connectivity index (χ2n) is 7.88. The van der Waals surface area contributed by atoms with Gasteiger partial charge in [-0.25, -0.2) is 0 Å². The third-order valence-corrected chi connectivity index (χ3v) is 5.84. The highest BCUT2D eigenvalue weighted by Crippen LogP contribution is 2.34. The molecule has 1 aliphatic rings. The van der Waals surface area contributed by atoms with E-state index in [-0.39, 0.29) is 0 Å². The molecule has 1 fully saturated rings. The molecule has 0 radical (unpaired) electrons. The predicted molar refractivity (Wildman–Crippen MR) is 114 cm³/mol. The van der Waals surface area contributed by atoms with Gasteiger partial charge in [-0.15, -0.1) is 0 Å². The van der Waals surface area contributed by atoms with Crippen LogP contribution >= 0.6 is 0 Å². The number of aliphatic hydroxyl groups is 4. The smallest absolute Gasteiger partial charge is 0.229 e. The molecule has 7 heteroatoms. The summed E-state index contributed by atoms with van der Waals surface area (Å²) in [6.07, 6.45) is -2.41. The van der Waals surface area contributed by atoms with E-state index in [4.69, 9.17) is 13.9 Å².